The minimum absolute atomic E-state index is 0.130. The molecule has 0 aliphatic heterocycles. The second kappa shape index (κ2) is 4.15. The van der Waals surface area contributed by atoms with Crippen LogP contribution in [0.1, 0.15) is 30.5 Å². The number of hydrogen-bond acceptors (Lipinski definition) is 1. The first-order valence-corrected chi connectivity index (χ1v) is 5.33. The highest BCUT2D eigenvalue weighted by Crippen LogP contribution is 2.31. The van der Waals surface area contributed by atoms with Crippen molar-refractivity contribution in [3.8, 4) is 0 Å². The molecule has 1 unspecified atom stereocenters. The number of aryl methyl sites for hydroxylation is 1. The molecule has 0 saturated heterocycles. The number of hydrogen-bond donors (Lipinski definition) is 1. The zero-order chi connectivity index (χ0) is 10.8. The molecule has 2 rings (SSSR count). The molecule has 1 aromatic rings. The standard InChI is InChI=1S/C13H16FN/c1-9(2)8-15-13-6-3-10-7-11(14)4-5-12(10)13/h4-5,7,13,15H,1,3,6,8H2,2H3. The van der Waals surface area contributed by atoms with E-state index in [0.29, 0.717) is 6.04 Å². The van der Waals surface area contributed by atoms with E-state index in [1.54, 1.807) is 12.1 Å². The third-order valence-electron chi connectivity index (χ3n) is 2.83. The Hall–Kier alpha value is -1.15. The Bertz CT molecular complexity index is 384. The van der Waals surface area contributed by atoms with Gasteiger partial charge in [-0.25, -0.2) is 4.39 Å². The van der Waals surface area contributed by atoms with E-state index in [-0.39, 0.29) is 5.82 Å². The monoisotopic (exact) mass is 205 g/mol. The molecule has 15 heavy (non-hydrogen) atoms. The number of rotatable bonds is 3. The Labute approximate surface area is 90.0 Å². The van der Waals surface area contributed by atoms with E-state index in [1.165, 1.54) is 5.56 Å². The van der Waals surface area contributed by atoms with Crippen LogP contribution in [-0.4, -0.2) is 6.54 Å². The smallest absolute Gasteiger partial charge is 0.123 e. The predicted molar refractivity (Wildman–Crippen MR) is 60.3 cm³/mol. The summed E-state index contributed by atoms with van der Waals surface area (Å²) in [5.74, 6) is -0.130. The van der Waals surface area contributed by atoms with Crippen molar-refractivity contribution in [2.75, 3.05) is 6.54 Å². The normalized spacial score (nSPS) is 18.9. The van der Waals surface area contributed by atoms with Gasteiger partial charge in [0.2, 0.25) is 0 Å². The average Bonchev–Trinajstić information content (AvgIpc) is 2.57. The second-order valence-corrected chi connectivity index (χ2v) is 4.27. The highest BCUT2D eigenvalue weighted by atomic mass is 19.1. The van der Waals surface area contributed by atoms with Crippen LogP contribution in [0, 0.1) is 5.82 Å². The van der Waals surface area contributed by atoms with E-state index in [0.717, 1.165) is 30.5 Å². The molecule has 0 saturated carbocycles. The highest BCUT2D eigenvalue weighted by molar-refractivity contribution is 5.35. The van der Waals surface area contributed by atoms with Gasteiger partial charge in [0, 0.05) is 12.6 Å². The third kappa shape index (κ3) is 2.26. The fourth-order valence-corrected chi connectivity index (χ4v) is 2.10. The van der Waals surface area contributed by atoms with Crippen LogP contribution in [0.15, 0.2) is 30.4 Å². The lowest BCUT2D eigenvalue weighted by Crippen LogP contribution is -2.20. The van der Waals surface area contributed by atoms with Gasteiger partial charge in [0.1, 0.15) is 5.82 Å². The van der Waals surface area contributed by atoms with E-state index >= 15 is 0 Å². The van der Waals surface area contributed by atoms with Crippen LogP contribution in [0.25, 0.3) is 0 Å². The fraction of sp³-hybridized carbons (Fsp3) is 0.385. The minimum Gasteiger partial charge on any atom is -0.306 e. The maximum Gasteiger partial charge on any atom is 0.123 e. The first-order chi connectivity index (χ1) is 7.16. The van der Waals surface area contributed by atoms with Crippen molar-refractivity contribution in [2.24, 2.45) is 0 Å². The Morgan fingerprint density at radius 1 is 1.60 bits per heavy atom. The van der Waals surface area contributed by atoms with E-state index < -0.39 is 0 Å². The van der Waals surface area contributed by atoms with Crippen molar-refractivity contribution in [2.45, 2.75) is 25.8 Å². The quantitative estimate of drug-likeness (QED) is 0.748. The molecule has 0 aromatic heterocycles. The van der Waals surface area contributed by atoms with Crippen LogP contribution in [0.3, 0.4) is 0 Å². The Morgan fingerprint density at radius 2 is 2.40 bits per heavy atom. The molecule has 0 amide bonds. The van der Waals surface area contributed by atoms with Crippen LogP contribution in [0.4, 0.5) is 4.39 Å². The van der Waals surface area contributed by atoms with Crippen molar-refractivity contribution >= 4 is 0 Å². The average molecular weight is 205 g/mol. The zero-order valence-electron chi connectivity index (χ0n) is 9.02. The molecule has 0 heterocycles. The van der Waals surface area contributed by atoms with Crippen molar-refractivity contribution in [3.05, 3.63) is 47.3 Å². The summed E-state index contributed by atoms with van der Waals surface area (Å²) in [5.41, 5.74) is 3.53. The van der Waals surface area contributed by atoms with Gasteiger partial charge >= 0.3 is 0 Å². The highest BCUT2D eigenvalue weighted by Gasteiger charge is 2.21. The molecule has 1 aromatic carbocycles. The minimum atomic E-state index is -0.130. The van der Waals surface area contributed by atoms with Gasteiger partial charge in [-0.2, -0.15) is 0 Å². The molecule has 1 N–H and O–H groups in total. The summed E-state index contributed by atoms with van der Waals surface area (Å²) >= 11 is 0. The maximum absolute atomic E-state index is 13.0. The molecular formula is C13H16FN. The van der Waals surface area contributed by atoms with Gasteiger partial charge < -0.3 is 5.32 Å². The van der Waals surface area contributed by atoms with Gasteiger partial charge in [-0.15, -0.1) is 0 Å². The van der Waals surface area contributed by atoms with Crippen LogP contribution >= 0.6 is 0 Å². The first-order valence-electron chi connectivity index (χ1n) is 5.33. The molecule has 1 nitrogen and oxygen atoms in total. The van der Waals surface area contributed by atoms with Crippen molar-refractivity contribution in [3.63, 3.8) is 0 Å². The molecular weight excluding hydrogens is 189 g/mol. The summed E-state index contributed by atoms with van der Waals surface area (Å²) in [6.45, 7) is 6.71. The molecule has 1 aliphatic rings. The Morgan fingerprint density at radius 3 is 3.13 bits per heavy atom. The van der Waals surface area contributed by atoms with Crippen molar-refractivity contribution < 1.29 is 4.39 Å². The Kier molecular flexibility index (Phi) is 2.87. The van der Waals surface area contributed by atoms with E-state index in [9.17, 15) is 4.39 Å². The molecule has 2 heteroatoms. The van der Waals surface area contributed by atoms with Crippen molar-refractivity contribution in [1.82, 2.24) is 5.32 Å². The second-order valence-electron chi connectivity index (χ2n) is 4.27. The predicted octanol–water partition coefficient (Wildman–Crippen LogP) is 2.98. The van der Waals surface area contributed by atoms with Crippen LogP contribution in [-0.2, 0) is 6.42 Å². The van der Waals surface area contributed by atoms with Gasteiger partial charge in [-0.3, -0.25) is 0 Å². The van der Waals surface area contributed by atoms with Gasteiger partial charge in [0.05, 0.1) is 0 Å². The zero-order valence-corrected chi connectivity index (χ0v) is 9.02. The summed E-state index contributed by atoms with van der Waals surface area (Å²) < 4.78 is 13.0. The van der Waals surface area contributed by atoms with Crippen LogP contribution in [0.5, 0.6) is 0 Å². The summed E-state index contributed by atoms with van der Waals surface area (Å²) in [6.07, 6.45) is 2.03. The number of halogens is 1. The van der Waals surface area contributed by atoms with Gasteiger partial charge in [0.25, 0.3) is 0 Å². The summed E-state index contributed by atoms with van der Waals surface area (Å²) in [7, 11) is 0. The van der Waals surface area contributed by atoms with Crippen LogP contribution in [0.2, 0.25) is 0 Å². The van der Waals surface area contributed by atoms with Crippen LogP contribution < -0.4 is 5.32 Å². The SMILES string of the molecule is C=C(C)CNC1CCc2cc(F)ccc21. The lowest BCUT2D eigenvalue weighted by Gasteiger charge is -2.13. The van der Waals surface area contributed by atoms with E-state index in [2.05, 4.69) is 11.9 Å². The van der Waals surface area contributed by atoms with Gasteiger partial charge in [-0.05, 0) is 43.0 Å². The molecule has 0 fully saturated rings. The summed E-state index contributed by atoms with van der Waals surface area (Å²) in [6, 6.07) is 5.46. The first kappa shape index (κ1) is 10.4. The molecule has 0 radical (unpaired) electrons. The van der Waals surface area contributed by atoms with Crippen molar-refractivity contribution in [1.29, 1.82) is 0 Å². The third-order valence-corrected chi connectivity index (χ3v) is 2.83. The lowest BCUT2D eigenvalue weighted by atomic mass is 10.1. The topological polar surface area (TPSA) is 12.0 Å². The van der Waals surface area contributed by atoms with E-state index in [1.807, 2.05) is 13.0 Å². The maximum atomic E-state index is 13.0. The summed E-state index contributed by atoms with van der Waals surface area (Å²) in [4.78, 5) is 0. The van der Waals surface area contributed by atoms with E-state index in [4.69, 9.17) is 0 Å². The molecule has 1 aliphatic carbocycles. The largest absolute Gasteiger partial charge is 0.306 e. The number of fused-ring (bicyclic) bond motifs is 1. The molecule has 80 valence electrons. The number of benzene rings is 1. The molecule has 0 spiro atoms. The summed E-state index contributed by atoms with van der Waals surface area (Å²) in [5, 5.41) is 3.43. The van der Waals surface area contributed by atoms with Gasteiger partial charge in [-0.1, -0.05) is 18.2 Å². The fourth-order valence-electron chi connectivity index (χ4n) is 2.10. The molecule has 1 atom stereocenters. The Balaban J connectivity index is 2.11. The molecule has 0 bridgehead atoms. The number of nitrogens with one attached hydrogen (secondary N) is 1. The lowest BCUT2D eigenvalue weighted by molar-refractivity contribution is 0.556. The van der Waals surface area contributed by atoms with Gasteiger partial charge in [0.15, 0.2) is 0 Å².